The van der Waals surface area contributed by atoms with Crippen LogP contribution in [0.3, 0.4) is 0 Å². The number of anilines is 3. The number of benzene rings is 2. The second-order valence-electron chi connectivity index (χ2n) is 5.91. The Morgan fingerprint density at radius 3 is 2.52 bits per heavy atom. The number of hydrogen-bond donors (Lipinski definition) is 1. The summed E-state index contributed by atoms with van der Waals surface area (Å²) < 4.78 is 10.6. The maximum atomic E-state index is 13.0. The Morgan fingerprint density at radius 1 is 1.04 bits per heavy atom. The van der Waals surface area contributed by atoms with Crippen LogP contribution in [0.15, 0.2) is 42.5 Å². The lowest BCUT2D eigenvalue weighted by Crippen LogP contribution is -2.35. The number of para-hydroxylation sites is 2. The van der Waals surface area contributed by atoms with Crippen LogP contribution in [-0.4, -0.2) is 40.4 Å². The van der Waals surface area contributed by atoms with E-state index < -0.39 is 0 Å². The van der Waals surface area contributed by atoms with Gasteiger partial charge in [0.1, 0.15) is 11.5 Å². The molecule has 0 bridgehead atoms. The second kappa shape index (κ2) is 7.34. The van der Waals surface area contributed by atoms with Crippen LogP contribution in [0.25, 0.3) is 0 Å². The molecule has 1 N–H and O–H groups in total. The summed E-state index contributed by atoms with van der Waals surface area (Å²) in [5.74, 6) is 1.25. The molecule has 1 heterocycles. The SMILES string of the molecule is COc1ccc(OC)c(NC(=O)N2CCCN(C)c3ccccc32)c1. The van der Waals surface area contributed by atoms with E-state index in [0.29, 0.717) is 23.7 Å². The first-order valence-electron chi connectivity index (χ1n) is 8.24. The van der Waals surface area contributed by atoms with Gasteiger partial charge in [0.05, 0.1) is 31.3 Å². The normalized spacial score (nSPS) is 13.7. The molecule has 0 spiro atoms. The highest BCUT2D eigenvalue weighted by molar-refractivity contribution is 6.04. The van der Waals surface area contributed by atoms with Crippen LogP contribution < -0.4 is 24.6 Å². The summed E-state index contributed by atoms with van der Waals surface area (Å²) in [6.07, 6.45) is 0.897. The highest BCUT2D eigenvalue weighted by Gasteiger charge is 2.23. The van der Waals surface area contributed by atoms with Gasteiger partial charge in [0.2, 0.25) is 0 Å². The third-order valence-corrected chi connectivity index (χ3v) is 4.35. The summed E-state index contributed by atoms with van der Waals surface area (Å²) in [4.78, 5) is 16.9. The number of nitrogens with one attached hydrogen (secondary N) is 1. The monoisotopic (exact) mass is 341 g/mol. The number of fused-ring (bicyclic) bond motifs is 1. The largest absolute Gasteiger partial charge is 0.497 e. The van der Waals surface area contributed by atoms with Crippen LogP contribution in [0.4, 0.5) is 21.9 Å². The third kappa shape index (κ3) is 3.47. The predicted octanol–water partition coefficient (Wildman–Crippen LogP) is 3.58. The fourth-order valence-electron chi connectivity index (χ4n) is 3.03. The maximum absolute atomic E-state index is 13.0. The minimum Gasteiger partial charge on any atom is -0.497 e. The van der Waals surface area contributed by atoms with Crippen molar-refractivity contribution in [1.82, 2.24) is 0 Å². The summed E-state index contributed by atoms with van der Waals surface area (Å²) >= 11 is 0. The van der Waals surface area contributed by atoms with E-state index in [1.165, 1.54) is 0 Å². The molecule has 0 radical (unpaired) electrons. The predicted molar refractivity (Wildman–Crippen MR) is 100 cm³/mol. The molecule has 132 valence electrons. The number of hydrogen-bond acceptors (Lipinski definition) is 4. The molecule has 0 atom stereocenters. The Balaban J connectivity index is 1.90. The van der Waals surface area contributed by atoms with E-state index in [1.807, 2.05) is 31.3 Å². The van der Waals surface area contributed by atoms with Gasteiger partial charge in [0.15, 0.2) is 0 Å². The number of ether oxygens (including phenoxy) is 2. The fraction of sp³-hybridized carbons (Fsp3) is 0.316. The second-order valence-corrected chi connectivity index (χ2v) is 5.91. The quantitative estimate of drug-likeness (QED) is 0.927. The van der Waals surface area contributed by atoms with Gasteiger partial charge < -0.3 is 19.7 Å². The van der Waals surface area contributed by atoms with Crippen LogP contribution in [0.1, 0.15) is 6.42 Å². The Morgan fingerprint density at radius 2 is 1.80 bits per heavy atom. The molecule has 1 aliphatic rings. The molecular weight excluding hydrogens is 318 g/mol. The number of methoxy groups -OCH3 is 2. The molecule has 0 unspecified atom stereocenters. The van der Waals surface area contributed by atoms with Crippen molar-refractivity contribution in [1.29, 1.82) is 0 Å². The van der Waals surface area contributed by atoms with Crippen LogP contribution in [0.2, 0.25) is 0 Å². The molecular formula is C19H23N3O3. The summed E-state index contributed by atoms with van der Waals surface area (Å²) in [5, 5.41) is 2.95. The van der Waals surface area contributed by atoms with Gasteiger partial charge in [-0.15, -0.1) is 0 Å². The number of nitrogens with zero attached hydrogens (tertiary/aromatic N) is 2. The van der Waals surface area contributed by atoms with Gasteiger partial charge in [0.25, 0.3) is 0 Å². The molecule has 6 heteroatoms. The van der Waals surface area contributed by atoms with Crippen molar-refractivity contribution in [2.75, 3.05) is 49.5 Å². The van der Waals surface area contributed by atoms with Gasteiger partial charge >= 0.3 is 6.03 Å². The lowest BCUT2D eigenvalue weighted by atomic mass is 10.2. The summed E-state index contributed by atoms with van der Waals surface area (Å²) in [6.45, 7) is 1.56. The summed E-state index contributed by atoms with van der Waals surface area (Å²) in [6, 6.07) is 13.1. The van der Waals surface area contributed by atoms with Gasteiger partial charge in [0, 0.05) is 26.2 Å². The molecule has 0 fully saturated rings. The van der Waals surface area contributed by atoms with Gasteiger partial charge in [-0.2, -0.15) is 0 Å². The van der Waals surface area contributed by atoms with Gasteiger partial charge in [-0.3, -0.25) is 4.90 Å². The standard InChI is InChI=1S/C19H23N3O3/c1-21-11-6-12-22(17-8-5-4-7-16(17)21)19(23)20-15-13-14(24-2)9-10-18(15)25-3/h4-5,7-10,13H,6,11-12H2,1-3H3,(H,20,23). The van der Waals surface area contributed by atoms with Crippen LogP contribution in [0, 0.1) is 0 Å². The van der Waals surface area contributed by atoms with Crippen molar-refractivity contribution >= 4 is 23.1 Å². The molecule has 2 aromatic carbocycles. The topological polar surface area (TPSA) is 54.0 Å². The van der Waals surface area contributed by atoms with E-state index >= 15 is 0 Å². The molecule has 0 aromatic heterocycles. The van der Waals surface area contributed by atoms with E-state index in [4.69, 9.17) is 9.47 Å². The highest BCUT2D eigenvalue weighted by Crippen LogP contribution is 2.33. The van der Waals surface area contributed by atoms with Gasteiger partial charge in [-0.05, 0) is 30.7 Å². The van der Waals surface area contributed by atoms with E-state index in [9.17, 15) is 4.79 Å². The zero-order valence-electron chi connectivity index (χ0n) is 14.8. The van der Waals surface area contributed by atoms with E-state index in [2.05, 4.69) is 10.2 Å². The number of carbonyl (C=O) groups excluding carboxylic acids is 1. The summed E-state index contributed by atoms with van der Waals surface area (Å²) in [5.41, 5.74) is 2.54. The molecule has 1 aliphatic heterocycles. The smallest absolute Gasteiger partial charge is 0.326 e. The van der Waals surface area contributed by atoms with Crippen molar-refractivity contribution < 1.29 is 14.3 Å². The first kappa shape index (κ1) is 17.0. The lowest BCUT2D eigenvalue weighted by molar-refractivity contribution is 0.257. The zero-order valence-corrected chi connectivity index (χ0v) is 14.8. The average Bonchev–Trinajstić information content (AvgIpc) is 2.81. The molecule has 0 saturated heterocycles. The first-order valence-corrected chi connectivity index (χ1v) is 8.24. The van der Waals surface area contributed by atoms with Crippen LogP contribution in [-0.2, 0) is 0 Å². The molecule has 0 aliphatic carbocycles. The Labute approximate surface area is 147 Å². The minimum atomic E-state index is -0.186. The van der Waals surface area contributed by atoms with Crippen molar-refractivity contribution in [2.24, 2.45) is 0 Å². The van der Waals surface area contributed by atoms with Crippen molar-refractivity contribution in [3.8, 4) is 11.5 Å². The first-order chi connectivity index (χ1) is 12.1. The van der Waals surface area contributed by atoms with Crippen LogP contribution >= 0.6 is 0 Å². The molecule has 2 aromatic rings. The lowest BCUT2D eigenvalue weighted by Gasteiger charge is -2.25. The van der Waals surface area contributed by atoms with Crippen LogP contribution in [0.5, 0.6) is 11.5 Å². The van der Waals surface area contributed by atoms with Crippen molar-refractivity contribution in [3.63, 3.8) is 0 Å². The molecule has 2 amide bonds. The van der Waals surface area contributed by atoms with Crippen molar-refractivity contribution in [2.45, 2.75) is 6.42 Å². The molecule has 3 rings (SSSR count). The van der Waals surface area contributed by atoms with Gasteiger partial charge in [-0.1, -0.05) is 12.1 Å². The molecule has 25 heavy (non-hydrogen) atoms. The molecule has 0 saturated carbocycles. The Bertz CT molecular complexity index is 763. The zero-order chi connectivity index (χ0) is 17.8. The number of urea groups is 1. The number of amides is 2. The average molecular weight is 341 g/mol. The third-order valence-electron chi connectivity index (χ3n) is 4.35. The van der Waals surface area contributed by atoms with E-state index in [0.717, 1.165) is 24.3 Å². The molecule has 6 nitrogen and oxygen atoms in total. The minimum absolute atomic E-state index is 0.186. The number of carbonyl (C=O) groups is 1. The van der Waals surface area contributed by atoms with E-state index in [-0.39, 0.29) is 6.03 Å². The van der Waals surface area contributed by atoms with Crippen molar-refractivity contribution in [3.05, 3.63) is 42.5 Å². The van der Waals surface area contributed by atoms with Gasteiger partial charge in [-0.25, -0.2) is 4.79 Å². The Hall–Kier alpha value is -2.89. The maximum Gasteiger partial charge on any atom is 0.326 e. The highest BCUT2D eigenvalue weighted by atomic mass is 16.5. The fourth-order valence-corrected chi connectivity index (χ4v) is 3.03. The summed E-state index contributed by atoms with van der Waals surface area (Å²) in [7, 11) is 5.22. The van der Waals surface area contributed by atoms with E-state index in [1.54, 1.807) is 37.3 Å². The number of rotatable bonds is 3. The Kier molecular flexibility index (Phi) is 4.97.